The second-order valence-corrected chi connectivity index (χ2v) is 13.9. The third-order valence-electron chi connectivity index (χ3n) is 9.88. The van der Waals surface area contributed by atoms with E-state index in [4.69, 9.17) is 15.0 Å². The van der Waals surface area contributed by atoms with Crippen molar-refractivity contribution in [3.05, 3.63) is 168 Å². The van der Waals surface area contributed by atoms with Gasteiger partial charge in [0.05, 0.1) is 0 Å². The van der Waals surface area contributed by atoms with Gasteiger partial charge in [-0.15, -0.1) is 0 Å². The van der Waals surface area contributed by atoms with Crippen LogP contribution in [0.15, 0.2) is 168 Å². The van der Waals surface area contributed by atoms with Crippen molar-refractivity contribution in [1.29, 1.82) is 0 Å². The molecule has 0 fully saturated rings. The molecule has 8 aromatic rings. The van der Waals surface area contributed by atoms with Gasteiger partial charge < -0.3 is 0 Å². The van der Waals surface area contributed by atoms with Crippen molar-refractivity contribution in [2.24, 2.45) is 0 Å². The van der Waals surface area contributed by atoms with Crippen molar-refractivity contribution in [2.45, 2.75) is 17.2 Å². The van der Waals surface area contributed by atoms with Crippen LogP contribution in [0.2, 0.25) is 0 Å². The Hall–Kier alpha value is -5.84. The molecule has 1 atom stereocenters. The maximum absolute atomic E-state index is 5.22. The minimum Gasteiger partial charge on any atom is -0.208 e. The Morgan fingerprint density at radius 3 is 2.00 bits per heavy atom. The molecule has 0 saturated carbocycles. The summed E-state index contributed by atoms with van der Waals surface area (Å²) in [5.74, 6) is 2.40. The van der Waals surface area contributed by atoms with Gasteiger partial charge in [-0.2, -0.15) is 0 Å². The first-order valence-electron chi connectivity index (χ1n) is 16.7. The maximum atomic E-state index is 5.22. The lowest BCUT2D eigenvalue weighted by Gasteiger charge is -2.17. The number of aromatic nitrogens is 3. The third kappa shape index (κ3) is 4.79. The Bertz CT molecular complexity index is 2660. The molecule has 0 saturated heterocycles. The lowest BCUT2D eigenvalue weighted by Crippen LogP contribution is -2.04. The quantitative estimate of drug-likeness (QED) is 0.179. The smallest absolute Gasteiger partial charge is 0.164 e. The first-order chi connectivity index (χ1) is 24.3. The van der Waals surface area contributed by atoms with Gasteiger partial charge in [0.2, 0.25) is 0 Å². The lowest BCUT2D eigenvalue weighted by atomic mass is 9.89. The number of fused-ring (bicyclic) bond motifs is 8. The molecule has 2 heterocycles. The van der Waals surface area contributed by atoms with Crippen LogP contribution in [0.4, 0.5) is 0 Å². The standard InChI is InChI=1S/C45H29N3S/c1-2-9-28(10-3-1)29-17-19-31(20-18-29)43-46-44(48-45(47-43)39-14-8-16-41-42(39)38-13-6-7-15-40(38)49-41)33-23-24-35-32(27-33)22-26-36-34-12-5-4-11-30(34)21-25-37(35)36/h1-12,14-27,38H,13H2. The van der Waals surface area contributed by atoms with E-state index in [2.05, 4.69) is 152 Å². The molecule has 10 rings (SSSR count). The highest BCUT2D eigenvalue weighted by Crippen LogP contribution is 2.54. The zero-order valence-corrected chi connectivity index (χ0v) is 27.4. The van der Waals surface area contributed by atoms with Crippen molar-refractivity contribution in [3.63, 3.8) is 0 Å². The number of hydrogen-bond donors (Lipinski definition) is 0. The van der Waals surface area contributed by atoms with E-state index < -0.39 is 0 Å². The Balaban J connectivity index is 1.14. The van der Waals surface area contributed by atoms with Crippen LogP contribution in [0.1, 0.15) is 17.9 Å². The monoisotopic (exact) mass is 643 g/mol. The van der Waals surface area contributed by atoms with E-state index in [1.807, 2.05) is 17.8 Å². The van der Waals surface area contributed by atoms with Gasteiger partial charge in [-0.3, -0.25) is 0 Å². The van der Waals surface area contributed by atoms with E-state index in [-0.39, 0.29) is 0 Å². The van der Waals surface area contributed by atoms with Crippen LogP contribution in [-0.4, -0.2) is 15.0 Å². The van der Waals surface area contributed by atoms with E-state index in [1.165, 1.54) is 47.9 Å². The van der Waals surface area contributed by atoms with Crippen LogP contribution in [0.5, 0.6) is 0 Å². The van der Waals surface area contributed by atoms with Crippen molar-refractivity contribution >= 4 is 44.1 Å². The molecule has 0 amide bonds. The van der Waals surface area contributed by atoms with Crippen LogP contribution in [0, 0.1) is 0 Å². The molecule has 0 N–H and O–H groups in total. The van der Waals surface area contributed by atoms with Crippen molar-refractivity contribution in [1.82, 2.24) is 15.0 Å². The van der Waals surface area contributed by atoms with Crippen LogP contribution in [-0.2, 0) is 0 Å². The fourth-order valence-corrected chi connectivity index (χ4v) is 8.72. The fourth-order valence-electron chi connectivity index (χ4n) is 7.45. The molecule has 0 spiro atoms. The van der Waals surface area contributed by atoms with Crippen molar-refractivity contribution in [3.8, 4) is 45.3 Å². The summed E-state index contributed by atoms with van der Waals surface area (Å²) >= 11 is 1.87. The van der Waals surface area contributed by atoms with Gasteiger partial charge in [0, 0.05) is 27.5 Å². The van der Waals surface area contributed by atoms with E-state index in [1.54, 1.807) is 0 Å². The summed E-state index contributed by atoms with van der Waals surface area (Å²) in [6.45, 7) is 0. The molecular formula is C45H29N3S. The van der Waals surface area contributed by atoms with Crippen molar-refractivity contribution in [2.75, 3.05) is 0 Å². The van der Waals surface area contributed by atoms with Gasteiger partial charge in [0.15, 0.2) is 17.5 Å². The molecule has 0 radical (unpaired) electrons. The number of thioether (sulfide) groups is 1. The summed E-state index contributed by atoms with van der Waals surface area (Å²) in [7, 11) is 0. The number of benzene rings is 7. The Morgan fingerprint density at radius 2 is 1.14 bits per heavy atom. The number of allylic oxidation sites excluding steroid dienone is 4. The molecule has 3 nitrogen and oxygen atoms in total. The molecule has 1 aliphatic heterocycles. The molecule has 1 unspecified atom stereocenters. The predicted molar refractivity (Wildman–Crippen MR) is 205 cm³/mol. The first kappa shape index (κ1) is 28.2. The topological polar surface area (TPSA) is 38.7 Å². The van der Waals surface area contributed by atoms with Crippen molar-refractivity contribution < 1.29 is 0 Å². The molecule has 0 bridgehead atoms. The molecular weight excluding hydrogens is 615 g/mol. The Morgan fingerprint density at radius 1 is 0.490 bits per heavy atom. The first-order valence-corrected chi connectivity index (χ1v) is 17.5. The summed E-state index contributed by atoms with van der Waals surface area (Å²) < 4.78 is 0. The SMILES string of the molecule is C1=CCC2C(=C1)Sc1cccc(-c3nc(-c4ccc(-c5ccccc5)cc4)nc(-c4ccc5c(ccc6c7ccccc7ccc56)c4)n3)c12. The fraction of sp³-hybridized carbons (Fsp3) is 0.0444. The normalized spacial score (nSPS) is 15.0. The Kier molecular flexibility index (Phi) is 6.56. The highest BCUT2D eigenvalue weighted by Gasteiger charge is 2.32. The van der Waals surface area contributed by atoms with Gasteiger partial charge in [-0.25, -0.2) is 15.0 Å². The molecule has 7 aromatic carbocycles. The Labute approximate surface area is 288 Å². The van der Waals surface area contributed by atoms with Gasteiger partial charge in [0.25, 0.3) is 0 Å². The summed E-state index contributed by atoms with van der Waals surface area (Å²) in [6.07, 6.45) is 7.68. The lowest BCUT2D eigenvalue weighted by molar-refractivity contribution is 0.837. The minimum atomic E-state index is 0.333. The molecule has 4 heteroatoms. The second kappa shape index (κ2) is 11.4. The van der Waals surface area contributed by atoms with Crippen LogP contribution in [0.3, 0.4) is 0 Å². The average molecular weight is 644 g/mol. The van der Waals surface area contributed by atoms with Crippen LogP contribution in [0.25, 0.3) is 77.6 Å². The highest BCUT2D eigenvalue weighted by atomic mass is 32.2. The number of hydrogen-bond acceptors (Lipinski definition) is 4. The maximum Gasteiger partial charge on any atom is 0.164 e. The summed E-state index contributed by atoms with van der Waals surface area (Å²) in [4.78, 5) is 18.2. The average Bonchev–Trinajstić information content (AvgIpc) is 3.57. The van der Waals surface area contributed by atoms with Gasteiger partial charge in [0.1, 0.15) is 0 Å². The highest BCUT2D eigenvalue weighted by molar-refractivity contribution is 8.03. The van der Waals surface area contributed by atoms with Gasteiger partial charge in [-0.1, -0.05) is 157 Å². The van der Waals surface area contributed by atoms with Crippen LogP contribution >= 0.6 is 11.8 Å². The summed E-state index contributed by atoms with van der Waals surface area (Å²) in [5, 5.41) is 7.43. The molecule has 1 aromatic heterocycles. The molecule has 230 valence electrons. The largest absolute Gasteiger partial charge is 0.208 e. The zero-order chi connectivity index (χ0) is 32.3. The van der Waals surface area contributed by atoms with E-state index in [0.717, 1.165) is 34.1 Å². The predicted octanol–water partition coefficient (Wildman–Crippen LogP) is 12.0. The van der Waals surface area contributed by atoms with E-state index >= 15 is 0 Å². The number of rotatable bonds is 4. The summed E-state index contributed by atoms with van der Waals surface area (Å²) in [5.41, 5.74) is 6.69. The van der Waals surface area contributed by atoms with E-state index in [0.29, 0.717) is 23.4 Å². The third-order valence-corrected chi connectivity index (χ3v) is 11.1. The molecule has 2 aliphatic rings. The number of nitrogens with zero attached hydrogens (tertiary/aromatic N) is 3. The van der Waals surface area contributed by atoms with Crippen LogP contribution < -0.4 is 0 Å². The van der Waals surface area contributed by atoms with Gasteiger partial charge in [-0.05, 0) is 72.5 Å². The van der Waals surface area contributed by atoms with E-state index in [9.17, 15) is 0 Å². The second-order valence-electron chi connectivity index (χ2n) is 12.7. The van der Waals surface area contributed by atoms with Gasteiger partial charge >= 0.3 is 0 Å². The molecule has 49 heavy (non-hydrogen) atoms. The molecule has 1 aliphatic carbocycles. The minimum absolute atomic E-state index is 0.333. The summed E-state index contributed by atoms with van der Waals surface area (Å²) in [6, 6.07) is 49.7. The zero-order valence-electron chi connectivity index (χ0n) is 26.5.